The minimum atomic E-state index is -3.54. The highest BCUT2D eigenvalue weighted by atomic mass is 32.2. The van der Waals surface area contributed by atoms with Crippen LogP contribution in [0, 0.1) is 13.8 Å². The quantitative estimate of drug-likeness (QED) is 0.857. The van der Waals surface area contributed by atoms with Gasteiger partial charge in [-0.3, -0.25) is 0 Å². The third kappa shape index (κ3) is 3.93. The average molecular weight is 308 g/mol. The van der Waals surface area contributed by atoms with E-state index >= 15 is 0 Å². The van der Waals surface area contributed by atoms with Crippen molar-refractivity contribution < 1.29 is 12.8 Å². The Morgan fingerprint density at radius 1 is 1.10 bits per heavy atom. The number of aryl methyl sites for hydroxylation is 2. The molecule has 114 valence electrons. The first-order chi connectivity index (χ1) is 9.92. The van der Waals surface area contributed by atoms with Gasteiger partial charge in [-0.05, 0) is 56.3 Å². The van der Waals surface area contributed by atoms with Gasteiger partial charge in [-0.15, -0.1) is 0 Å². The van der Waals surface area contributed by atoms with Crippen molar-refractivity contribution in [3.8, 4) is 0 Å². The number of sulfonamides is 1. The minimum Gasteiger partial charge on any atom is -0.465 e. The van der Waals surface area contributed by atoms with Crippen LogP contribution in [0.2, 0.25) is 0 Å². The molecule has 2 aromatic rings. The van der Waals surface area contributed by atoms with E-state index in [0.717, 1.165) is 16.9 Å². The molecule has 0 amide bonds. The van der Waals surface area contributed by atoms with Gasteiger partial charge in [0.15, 0.2) is 0 Å². The van der Waals surface area contributed by atoms with E-state index in [-0.39, 0.29) is 11.4 Å². The Morgan fingerprint density at radius 3 is 2.48 bits per heavy atom. The second kappa shape index (κ2) is 6.43. The minimum absolute atomic E-state index is 0.144. The smallest absolute Gasteiger partial charge is 0.240 e. The van der Waals surface area contributed by atoms with E-state index in [1.54, 1.807) is 24.3 Å². The number of rotatable bonds is 6. The van der Waals surface area contributed by atoms with Crippen molar-refractivity contribution >= 4 is 10.0 Å². The lowest BCUT2D eigenvalue weighted by Gasteiger charge is -2.10. The molecule has 21 heavy (non-hydrogen) atoms. The highest BCUT2D eigenvalue weighted by molar-refractivity contribution is 7.89. The van der Waals surface area contributed by atoms with Crippen molar-refractivity contribution in [2.75, 3.05) is 7.05 Å². The number of nitrogens with one attached hydrogen (secondary N) is 2. The molecule has 0 radical (unpaired) electrons. The van der Waals surface area contributed by atoms with Crippen LogP contribution in [0.15, 0.2) is 39.6 Å². The van der Waals surface area contributed by atoms with Crippen LogP contribution >= 0.6 is 0 Å². The normalized spacial score (nSPS) is 11.8. The van der Waals surface area contributed by atoms with E-state index in [1.807, 2.05) is 27.0 Å². The molecule has 0 aliphatic rings. The average Bonchev–Trinajstić information content (AvgIpc) is 2.85. The molecule has 2 N–H and O–H groups in total. The number of hydrogen-bond acceptors (Lipinski definition) is 4. The van der Waals surface area contributed by atoms with Gasteiger partial charge in [-0.2, -0.15) is 0 Å². The van der Waals surface area contributed by atoms with Gasteiger partial charge in [0, 0.05) is 6.54 Å². The highest BCUT2D eigenvalue weighted by Gasteiger charge is 2.15. The lowest BCUT2D eigenvalue weighted by atomic mass is 10.1. The predicted octanol–water partition coefficient (Wildman–Crippen LogP) is 2.09. The third-order valence-corrected chi connectivity index (χ3v) is 4.63. The molecule has 1 aromatic heterocycles. The summed E-state index contributed by atoms with van der Waals surface area (Å²) < 4.78 is 32.5. The summed E-state index contributed by atoms with van der Waals surface area (Å²) in [6.07, 6.45) is 0. The summed E-state index contributed by atoms with van der Waals surface area (Å²) >= 11 is 0. The zero-order chi connectivity index (χ0) is 15.5. The summed E-state index contributed by atoms with van der Waals surface area (Å²) in [4.78, 5) is 0.265. The van der Waals surface area contributed by atoms with Crippen molar-refractivity contribution in [1.29, 1.82) is 0 Å². The Hall–Kier alpha value is -1.63. The van der Waals surface area contributed by atoms with Crippen LogP contribution in [0.5, 0.6) is 0 Å². The zero-order valence-corrected chi connectivity index (χ0v) is 13.3. The van der Waals surface area contributed by atoms with E-state index in [4.69, 9.17) is 4.42 Å². The Bertz CT molecular complexity index is 720. The van der Waals surface area contributed by atoms with Crippen molar-refractivity contribution in [3.63, 3.8) is 0 Å². The first kappa shape index (κ1) is 15.8. The fourth-order valence-corrected chi connectivity index (χ4v) is 3.07. The highest BCUT2D eigenvalue weighted by Crippen LogP contribution is 2.16. The topological polar surface area (TPSA) is 71.3 Å². The maximum Gasteiger partial charge on any atom is 0.240 e. The number of benzene rings is 1. The van der Waals surface area contributed by atoms with E-state index in [9.17, 15) is 8.42 Å². The second-order valence-electron chi connectivity index (χ2n) is 4.96. The summed E-state index contributed by atoms with van der Waals surface area (Å²) in [5.41, 5.74) is 2.03. The fraction of sp³-hybridized carbons (Fsp3) is 0.333. The van der Waals surface area contributed by atoms with Gasteiger partial charge in [0.2, 0.25) is 10.0 Å². The maximum absolute atomic E-state index is 12.3. The molecule has 0 unspecified atom stereocenters. The molecule has 0 spiro atoms. The molecular formula is C15H20N2O3S. The summed E-state index contributed by atoms with van der Waals surface area (Å²) in [5.74, 6) is 1.36. The molecule has 0 aliphatic heterocycles. The van der Waals surface area contributed by atoms with E-state index in [2.05, 4.69) is 10.0 Å². The standard InChI is InChI=1S/C15H20N2O3S/c1-11-4-7-15(8-13(11)9-16-3)21(18,19)17-10-14-6-5-12(2)20-14/h4-8,16-17H,9-10H2,1-3H3. The Kier molecular flexibility index (Phi) is 4.82. The molecule has 0 saturated carbocycles. The summed E-state index contributed by atoms with van der Waals surface area (Å²) in [6.45, 7) is 4.56. The van der Waals surface area contributed by atoms with Crippen LogP contribution in [0.25, 0.3) is 0 Å². The summed E-state index contributed by atoms with van der Waals surface area (Å²) in [5, 5.41) is 3.03. The van der Waals surface area contributed by atoms with E-state index in [1.165, 1.54) is 0 Å². The van der Waals surface area contributed by atoms with Crippen LogP contribution in [0.4, 0.5) is 0 Å². The van der Waals surface area contributed by atoms with Gasteiger partial charge >= 0.3 is 0 Å². The molecule has 0 bridgehead atoms. The largest absolute Gasteiger partial charge is 0.465 e. The van der Waals surface area contributed by atoms with Gasteiger partial charge in [0.1, 0.15) is 11.5 Å². The maximum atomic E-state index is 12.3. The van der Waals surface area contributed by atoms with Crippen molar-refractivity contribution in [1.82, 2.24) is 10.0 Å². The van der Waals surface area contributed by atoms with Gasteiger partial charge in [-0.25, -0.2) is 13.1 Å². The van der Waals surface area contributed by atoms with Crippen LogP contribution < -0.4 is 10.0 Å². The van der Waals surface area contributed by atoms with Gasteiger partial charge in [0.05, 0.1) is 11.4 Å². The molecule has 5 nitrogen and oxygen atoms in total. The van der Waals surface area contributed by atoms with E-state index < -0.39 is 10.0 Å². The number of furan rings is 1. The van der Waals surface area contributed by atoms with Crippen molar-refractivity contribution in [2.24, 2.45) is 0 Å². The number of hydrogen-bond donors (Lipinski definition) is 2. The van der Waals surface area contributed by atoms with Crippen LogP contribution in [0.1, 0.15) is 22.6 Å². The van der Waals surface area contributed by atoms with Crippen LogP contribution in [-0.2, 0) is 23.1 Å². The molecule has 2 rings (SSSR count). The van der Waals surface area contributed by atoms with Crippen LogP contribution in [-0.4, -0.2) is 15.5 Å². The summed E-state index contributed by atoms with van der Waals surface area (Å²) in [7, 11) is -1.71. The fourth-order valence-electron chi connectivity index (χ4n) is 2.03. The van der Waals surface area contributed by atoms with Gasteiger partial charge in [-0.1, -0.05) is 6.07 Å². The summed E-state index contributed by atoms with van der Waals surface area (Å²) in [6, 6.07) is 8.70. The first-order valence-corrected chi connectivity index (χ1v) is 8.20. The lowest BCUT2D eigenvalue weighted by Crippen LogP contribution is -2.23. The molecular weight excluding hydrogens is 288 g/mol. The monoisotopic (exact) mass is 308 g/mol. The SMILES string of the molecule is CNCc1cc(S(=O)(=O)NCc2ccc(C)o2)ccc1C. The Morgan fingerprint density at radius 2 is 1.86 bits per heavy atom. The zero-order valence-electron chi connectivity index (χ0n) is 12.4. The molecule has 1 aromatic carbocycles. The van der Waals surface area contributed by atoms with E-state index in [0.29, 0.717) is 12.3 Å². The lowest BCUT2D eigenvalue weighted by molar-refractivity contribution is 0.475. The molecule has 0 fully saturated rings. The van der Waals surface area contributed by atoms with Crippen LogP contribution in [0.3, 0.4) is 0 Å². The predicted molar refractivity (Wildman–Crippen MR) is 81.4 cm³/mol. The molecule has 0 atom stereocenters. The third-order valence-electron chi connectivity index (χ3n) is 3.23. The molecule has 6 heteroatoms. The Balaban J connectivity index is 2.17. The Labute approximate surface area is 125 Å². The molecule has 0 aliphatic carbocycles. The first-order valence-electron chi connectivity index (χ1n) is 6.71. The van der Waals surface area contributed by atoms with Gasteiger partial charge in [0.25, 0.3) is 0 Å². The van der Waals surface area contributed by atoms with Crippen molar-refractivity contribution in [3.05, 3.63) is 53.0 Å². The molecule has 1 heterocycles. The van der Waals surface area contributed by atoms with Gasteiger partial charge < -0.3 is 9.73 Å². The molecule has 0 saturated heterocycles. The second-order valence-corrected chi connectivity index (χ2v) is 6.72. The van der Waals surface area contributed by atoms with Crippen molar-refractivity contribution in [2.45, 2.75) is 31.8 Å².